The van der Waals surface area contributed by atoms with Crippen LogP contribution >= 0.6 is 0 Å². The van der Waals surface area contributed by atoms with Crippen molar-refractivity contribution < 1.29 is 9.18 Å². The van der Waals surface area contributed by atoms with Gasteiger partial charge >= 0.3 is 5.69 Å². The molecule has 3 rings (SSSR count). The van der Waals surface area contributed by atoms with E-state index in [4.69, 9.17) is 0 Å². The quantitative estimate of drug-likeness (QED) is 0.756. The maximum atomic E-state index is 13.0. The lowest BCUT2D eigenvalue weighted by Gasteiger charge is -2.14. The number of carbonyl (C=O) groups excluding carboxylic acids is 1. The molecule has 1 aromatic heterocycles. The molecule has 8 heteroatoms. The number of aromatic nitrogens is 4. The lowest BCUT2D eigenvalue weighted by molar-refractivity contribution is -0.122. The standard InChI is InChI=1S/C18H18FN5O2/c1-12-3-5-14(6-4-12)13(2)20-17(25)11-23-18(26)24(22-21-23)16-9-7-15(19)8-10-16/h3-10,13H,11H2,1-2H3,(H,20,25)/t13-/m0/s1. The van der Waals surface area contributed by atoms with Gasteiger partial charge in [-0.3, -0.25) is 4.79 Å². The van der Waals surface area contributed by atoms with Crippen molar-refractivity contribution in [1.82, 2.24) is 25.1 Å². The number of nitrogens with zero attached hydrogens (tertiary/aromatic N) is 4. The van der Waals surface area contributed by atoms with Crippen molar-refractivity contribution in [3.63, 3.8) is 0 Å². The van der Waals surface area contributed by atoms with Crippen LogP contribution in [0.4, 0.5) is 4.39 Å². The minimum Gasteiger partial charge on any atom is -0.348 e. The van der Waals surface area contributed by atoms with Crippen molar-refractivity contribution in [3.8, 4) is 5.69 Å². The Morgan fingerprint density at radius 3 is 2.42 bits per heavy atom. The highest BCUT2D eigenvalue weighted by Crippen LogP contribution is 2.12. The first-order valence-electron chi connectivity index (χ1n) is 8.09. The summed E-state index contributed by atoms with van der Waals surface area (Å²) >= 11 is 0. The van der Waals surface area contributed by atoms with Crippen LogP contribution in [0.1, 0.15) is 24.1 Å². The second-order valence-corrected chi connectivity index (χ2v) is 6.01. The van der Waals surface area contributed by atoms with Gasteiger partial charge in [-0.15, -0.1) is 0 Å². The highest BCUT2D eigenvalue weighted by molar-refractivity contribution is 5.76. The molecule has 2 aromatic carbocycles. The van der Waals surface area contributed by atoms with Gasteiger partial charge in [0, 0.05) is 0 Å². The molecule has 0 saturated heterocycles. The minimum absolute atomic E-state index is 0.203. The zero-order valence-electron chi connectivity index (χ0n) is 14.4. The molecule has 0 bridgehead atoms. The first-order valence-corrected chi connectivity index (χ1v) is 8.09. The fourth-order valence-electron chi connectivity index (χ4n) is 2.48. The average molecular weight is 355 g/mol. The third kappa shape index (κ3) is 3.85. The van der Waals surface area contributed by atoms with Gasteiger partial charge in [0.25, 0.3) is 0 Å². The van der Waals surface area contributed by atoms with Crippen LogP contribution in [0.3, 0.4) is 0 Å². The molecule has 0 aliphatic rings. The number of hydrogen-bond acceptors (Lipinski definition) is 4. The summed E-state index contributed by atoms with van der Waals surface area (Å²) in [6.07, 6.45) is 0. The van der Waals surface area contributed by atoms with E-state index in [2.05, 4.69) is 15.7 Å². The molecule has 26 heavy (non-hydrogen) atoms. The van der Waals surface area contributed by atoms with Crippen LogP contribution in [0.2, 0.25) is 0 Å². The van der Waals surface area contributed by atoms with Crippen LogP contribution in [0.25, 0.3) is 5.69 Å². The van der Waals surface area contributed by atoms with Gasteiger partial charge in [-0.05, 0) is 54.1 Å². The number of rotatable bonds is 5. The smallest absolute Gasteiger partial charge is 0.348 e. The third-order valence-corrected chi connectivity index (χ3v) is 3.96. The van der Waals surface area contributed by atoms with Crippen LogP contribution < -0.4 is 11.0 Å². The lowest BCUT2D eigenvalue weighted by atomic mass is 10.1. The van der Waals surface area contributed by atoms with Gasteiger partial charge in [0.2, 0.25) is 5.91 Å². The van der Waals surface area contributed by atoms with Crippen LogP contribution in [0, 0.1) is 12.7 Å². The van der Waals surface area contributed by atoms with Crippen molar-refractivity contribution in [1.29, 1.82) is 0 Å². The molecule has 7 nitrogen and oxygen atoms in total. The van der Waals surface area contributed by atoms with E-state index in [-0.39, 0.29) is 18.5 Å². The number of amides is 1. The third-order valence-electron chi connectivity index (χ3n) is 3.96. The number of benzene rings is 2. The fraction of sp³-hybridized carbons (Fsp3) is 0.222. The van der Waals surface area contributed by atoms with E-state index in [1.807, 2.05) is 38.1 Å². The molecule has 0 spiro atoms. The lowest BCUT2D eigenvalue weighted by Crippen LogP contribution is -2.34. The number of hydrogen-bond donors (Lipinski definition) is 1. The van der Waals surface area contributed by atoms with Gasteiger partial charge in [-0.25, -0.2) is 9.18 Å². The van der Waals surface area contributed by atoms with E-state index in [0.717, 1.165) is 20.5 Å². The largest absolute Gasteiger partial charge is 0.368 e. The van der Waals surface area contributed by atoms with E-state index >= 15 is 0 Å². The molecule has 0 aliphatic carbocycles. The van der Waals surface area contributed by atoms with Gasteiger partial charge in [-0.1, -0.05) is 29.8 Å². The SMILES string of the molecule is Cc1ccc([C@H](C)NC(=O)Cn2nnn(-c3ccc(F)cc3)c2=O)cc1. The maximum absolute atomic E-state index is 13.0. The van der Waals surface area contributed by atoms with Crippen molar-refractivity contribution in [2.24, 2.45) is 0 Å². The molecule has 0 fully saturated rings. The number of aryl methyl sites for hydroxylation is 1. The molecular weight excluding hydrogens is 337 g/mol. The Kier molecular flexibility index (Phi) is 4.92. The summed E-state index contributed by atoms with van der Waals surface area (Å²) in [6, 6.07) is 12.9. The van der Waals surface area contributed by atoms with E-state index in [1.165, 1.54) is 24.3 Å². The Balaban J connectivity index is 1.69. The van der Waals surface area contributed by atoms with Crippen LogP contribution in [0.15, 0.2) is 53.3 Å². The van der Waals surface area contributed by atoms with Crippen LogP contribution in [0.5, 0.6) is 0 Å². The summed E-state index contributed by atoms with van der Waals surface area (Å²) in [5.41, 5.74) is 1.90. The molecule has 0 unspecified atom stereocenters. The molecule has 0 radical (unpaired) electrons. The van der Waals surface area contributed by atoms with Crippen molar-refractivity contribution >= 4 is 5.91 Å². The number of nitrogens with one attached hydrogen (secondary N) is 1. The van der Waals surface area contributed by atoms with E-state index in [1.54, 1.807) is 0 Å². The van der Waals surface area contributed by atoms with Gasteiger partial charge in [0.05, 0.1) is 11.7 Å². The topological polar surface area (TPSA) is 81.8 Å². The number of halogens is 1. The van der Waals surface area contributed by atoms with Gasteiger partial charge in [-0.2, -0.15) is 9.36 Å². The summed E-state index contributed by atoms with van der Waals surface area (Å²) in [5.74, 6) is -0.773. The Bertz CT molecular complexity index is 960. The molecule has 1 heterocycles. The summed E-state index contributed by atoms with van der Waals surface area (Å²) in [7, 11) is 0. The molecule has 0 saturated carbocycles. The molecule has 134 valence electrons. The highest BCUT2D eigenvalue weighted by Gasteiger charge is 2.14. The van der Waals surface area contributed by atoms with E-state index < -0.39 is 11.5 Å². The van der Waals surface area contributed by atoms with Gasteiger partial charge < -0.3 is 5.32 Å². The van der Waals surface area contributed by atoms with E-state index in [9.17, 15) is 14.0 Å². The Labute approximate surface area is 149 Å². The number of tetrazole rings is 1. The molecule has 1 N–H and O–H groups in total. The molecule has 1 atom stereocenters. The van der Waals surface area contributed by atoms with E-state index in [0.29, 0.717) is 5.69 Å². The minimum atomic E-state index is -0.574. The normalized spacial score (nSPS) is 12.0. The Morgan fingerprint density at radius 2 is 1.77 bits per heavy atom. The van der Waals surface area contributed by atoms with Crippen molar-refractivity contribution in [2.75, 3.05) is 0 Å². The predicted octanol–water partition coefficient (Wildman–Crippen LogP) is 1.75. The van der Waals surface area contributed by atoms with Crippen LogP contribution in [-0.4, -0.2) is 25.7 Å². The molecule has 3 aromatic rings. The zero-order valence-corrected chi connectivity index (χ0v) is 14.4. The van der Waals surface area contributed by atoms with Crippen molar-refractivity contribution in [3.05, 3.63) is 76.0 Å². The predicted molar refractivity (Wildman–Crippen MR) is 93.3 cm³/mol. The fourth-order valence-corrected chi connectivity index (χ4v) is 2.48. The maximum Gasteiger partial charge on any atom is 0.368 e. The monoisotopic (exact) mass is 355 g/mol. The Hall–Kier alpha value is -3.29. The van der Waals surface area contributed by atoms with Gasteiger partial charge in [0.1, 0.15) is 12.4 Å². The van der Waals surface area contributed by atoms with Gasteiger partial charge in [0.15, 0.2) is 0 Å². The molecular formula is C18H18FN5O2. The zero-order chi connectivity index (χ0) is 18.7. The first-order chi connectivity index (χ1) is 12.4. The summed E-state index contributed by atoms with van der Waals surface area (Å²) < 4.78 is 15.0. The van der Waals surface area contributed by atoms with Crippen molar-refractivity contribution in [2.45, 2.75) is 26.4 Å². The number of carbonyl (C=O) groups is 1. The Morgan fingerprint density at radius 1 is 1.12 bits per heavy atom. The van der Waals surface area contributed by atoms with Crippen LogP contribution in [-0.2, 0) is 11.3 Å². The second kappa shape index (κ2) is 7.30. The average Bonchev–Trinajstić information content (AvgIpc) is 2.97. The molecule has 1 amide bonds. The molecule has 0 aliphatic heterocycles. The second-order valence-electron chi connectivity index (χ2n) is 6.01. The first kappa shape index (κ1) is 17.5. The summed E-state index contributed by atoms with van der Waals surface area (Å²) in [6.45, 7) is 3.60. The highest BCUT2D eigenvalue weighted by atomic mass is 19.1. The summed E-state index contributed by atoms with van der Waals surface area (Å²) in [5, 5.41) is 10.3. The summed E-state index contributed by atoms with van der Waals surface area (Å²) in [4.78, 5) is 24.5.